The van der Waals surface area contributed by atoms with Gasteiger partial charge in [0.1, 0.15) is 0 Å². The Morgan fingerprint density at radius 1 is 1.37 bits per heavy atom. The summed E-state index contributed by atoms with van der Waals surface area (Å²) < 4.78 is 1.79. The summed E-state index contributed by atoms with van der Waals surface area (Å²) in [5.74, 6) is 0. The highest BCUT2D eigenvalue weighted by molar-refractivity contribution is 5.36. The lowest BCUT2D eigenvalue weighted by Crippen LogP contribution is -2.20. The fourth-order valence-corrected chi connectivity index (χ4v) is 1.91. The molecule has 0 bridgehead atoms. The Kier molecular flexibility index (Phi) is 3.97. The molecule has 0 amide bonds. The molecule has 2 aromatic rings. The number of rotatable bonds is 5. The summed E-state index contributed by atoms with van der Waals surface area (Å²) in [5, 5.41) is 14.6. The van der Waals surface area contributed by atoms with Gasteiger partial charge in [-0.3, -0.25) is 0 Å². The van der Waals surface area contributed by atoms with E-state index in [0.29, 0.717) is 6.42 Å². The molecule has 98 valence electrons. The van der Waals surface area contributed by atoms with Crippen molar-refractivity contribution in [3.05, 3.63) is 73.1 Å². The first-order valence-corrected chi connectivity index (χ1v) is 6.24. The van der Waals surface area contributed by atoms with Crippen molar-refractivity contribution in [2.75, 3.05) is 0 Å². The van der Waals surface area contributed by atoms with Crippen LogP contribution in [0.25, 0.3) is 5.69 Å². The maximum atomic E-state index is 10.4. The molecule has 1 aromatic heterocycles. The molecule has 1 heterocycles. The van der Waals surface area contributed by atoms with E-state index < -0.39 is 5.60 Å². The standard InChI is InChI=1S/C16H18N2O/c1-3-4-5-11-16(2,19)14-7-9-15(10-8-14)18-13-6-12-17-18/h3-10,12-13,19H,1,11H2,2H3/b5-4-/t16-/m1/s1. The summed E-state index contributed by atoms with van der Waals surface area (Å²) in [5.41, 5.74) is 0.991. The zero-order chi connectivity index (χ0) is 13.7. The van der Waals surface area contributed by atoms with Crippen LogP contribution < -0.4 is 0 Å². The molecule has 1 aromatic carbocycles. The fraction of sp³-hybridized carbons (Fsp3) is 0.188. The van der Waals surface area contributed by atoms with Gasteiger partial charge in [-0.25, -0.2) is 4.68 Å². The van der Waals surface area contributed by atoms with Crippen molar-refractivity contribution in [3.63, 3.8) is 0 Å². The quantitative estimate of drug-likeness (QED) is 0.832. The van der Waals surface area contributed by atoms with E-state index in [9.17, 15) is 5.11 Å². The molecule has 0 unspecified atom stereocenters. The molecule has 1 atom stereocenters. The number of hydrogen-bond donors (Lipinski definition) is 1. The highest BCUT2D eigenvalue weighted by atomic mass is 16.3. The van der Waals surface area contributed by atoms with Crippen LogP contribution in [0, 0.1) is 0 Å². The molecule has 0 radical (unpaired) electrons. The van der Waals surface area contributed by atoms with Crippen molar-refractivity contribution in [2.24, 2.45) is 0 Å². The largest absolute Gasteiger partial charge is 0.385 e. The minimum absolute atomic E-state index is 0.556. The molecule has 0 fully saturated rings. The van der Waals surface area contributed by atoms with E-state index in [1.54, 1.807) is 17.0 Å². The highest BCUT2D eigenvalue weighted by Crippen LogP contribution is 2.25. The van der Waals surface area contributed by atoms with Crippen LogP contribution in [0.2, 0.25) is 0 Å². The van der Waals surface area contributed by atoms with Gasteiger partial charge in [0.05, 0.1) is 11.3 Å². The number of allylic oxidation sites excluding steroid dienone is 2. The average Bonchev–Trinajstić information content (AvgIpc) is 2.93. The third-order valence-electron chi connectivity index (χ3n) is 3.05. The summed E-state index contributed by atoms with van der Waals surface area (Å²) in [6, 6.07) is 9.64. The van der Waals surface area contributed by atoms with Crippen molar-refractivity contribution in [1.82, 2.24) is 9.78 Å². The van der Waals surface area contributed by atoms with Crippen molar-refractivity contribution in [3.8, 4) is 5.69 Å². The molecule has 0 aliphatic carbocycles. The van der Waals surface area contributed by atoms with Gasteiger partial charge in [-0.1, -0.05) is 36.9 Å². The van der Waals surface area contributed by atoms with Crippen LogP contribution in [0.1, 0.15) is 18.9 Å². The van der Waals surface area contributed by atoms with Gasteiger partial charge in [-0.15, -0.1) is 0 Å². The number of aliphatic hydroxyl groups is 1. The van der Waals surface area contributed by atoms with Gasteiger partial charge in [0.25, 0.3) is 0 Å². The summed E-state index contributed by atoms with van der Waals surface area (Å²) in [4.78, 5) is 0. The highest BCUT2D eigenvalue weighted by Gasteiger charge is 2.21. The molecule has 3 heteroatoms. The zero-order valence-electron chi connectivity index (χ0n) is 11.0. The Morgan fingerprint density at radius 3 is 2.68 bits per heavy atom. The Bertz CT molecular complexity index is 551. The minimum Gasteiger partial charge on any atom is -0.385 e. The van der Waals surface area contributed by atoms with Gasteiger partial charge >= 0.3 is 0 Å². The molecule has 19 heavy (non-hydrogen) atoms. The van der Waals surface area contributed by atoms with Crippen LogP contribution in [0.15, 0.2) is 67.5 Å². The van der Waals surface area contributed by atoms with Gasteiger partial charge < -0.3 is 5.11 Å². The summed E-state index contributed by atoms with van der Waals surface area (Å²) >= 11 is 0. The van der Waals surface area contributed by atoms with Gasteiger partial charge in [0.15, 0.2) is 0 Å². The molecule has 0 aliphatic rings. The van der Waals surface area contributed by atoms with Crippen molar-refractivity contribution < 1.29 is 5.11 Å². The van der Waals surface area contributed by atoms with E-state index in [1.165, 1.54) is 0 Å². The van der Waals surface area contributed by atoms with E-state index in [4.69, 9.17) is 0 Å². The maximum absolute atomic E-state index is 10.4. The van der Waals surface area contributed by atoms with Crippen molar-refractivity contribution >= 4 is 0 Å². The summed E-state index contributed by atoms with van der Waals surface area (Å²) in [6.07, 6.45) is 9.64. The number of benzene rings is 1. The van der Waals surface area contributed by atoms with Crippen LogP contribution in [0.4, 0.5) is 0 Å². The third kappa shape index (κ3) is 3.20. The predicted octanol–water partition coefficient (Wildman–Crippen LogP) is 3.21. The van der Waals surface area contributed by atoms with E-state index in [0.717, 1.165) is 11.3 Å². The fourth-order valence-electron chi connectivity index (χ4n) is 1.91. The lowest BCUT2D eigenvalue weighted by molar-refractivity contribution is 0.0605. The maximum Gasteiger partial charge on any atom is 0.0902 e. The third-order valence-corrected chi connectivity index (χ3v) is 3.05. The summed E-state index contributed by atoms with van der Waals surface area (Å²) in [6.45, 7) is 5.42. The lowest BCUT2D eigenvalue weighted by Gasteiger charge is -2.22. The SMILES string of the molecule is C=C/C=C\C[C@@](C)(O)c1ccc(-n2cccn2)cc1. The number of aromatic nitrogens is 2. The molecule has 0 aliphatic heterocycles. The van der Waals surface area contributed by atoms with Gasteiger partial charge in [-0.2, -0.15) is 5.10 Å². The summed E-state index contributed by atoms with van der Waals surface area (Å²) in [7, 11) is 0. The molecular formula is C16H18N2O. The van der Waals surface area contributed by atoms with Gasteiger partial charge in [0.2, 0.25) is 0 Å². The first-order chi connectivity index (χ1) is 9.13. The van der Waals surface area contributed by atoms with Crippen LogP contribution in [0.5, 0.6) is 0 Å². The van der Waals surface area contributed by atoms with Crippen molar-refractivity contribution in [1.29, 1.82) is 0 Å². The predicted molar refractivity (Wildman–Crippen MR) is 77.1 cm³/mol. The number of nitrogens with zero attached hydrogens (tertiary/aromatic N) is 2. The van der Waals surface area contributed by atoms with Crippen LogP contribution >= 0.6 is 0 Å². The van der Waals surface area contributed by atoms with Gasteiger partial charge in [-0.05, 0) is 37.1 Å². The first-order valence-electron chi connectivity index (χ1n) is 6.24. The second-order valence-corrected chi connectivity index (χ2v) is 4.64. The van der Waals surface area contributed by atoms with Crippen LogP contribution in [-0.2, 0) is 5.60 Å². The Hall–Kier alpha value is -2.13. The molecule has 1 N–H and O–H groups in total. The van der Waals surface area contributed by atoms with Gasteiger partial charge in [0, 0.05) is 12.4 Å². The van der Waals surface area contributed by atoms with Crippen LogP contribution in [0.3, 0.4) is 0 Å². The van der Waals surface area contributed by atoms with E-state index in [2.05, 4.69) is 11.7 Å². The second-order valence-electron chi connectivity index (χ2n) is 4.64. The molecule has 3 nitrogen and oxygen atoms in total. The molecule has 0 saturated carbocycles. The monoisotopic (exact) mass is 254 g/mol. The molecule has 2 rings (SSSR count). The smallest absolute Gasteiger partial charge is 0.0902 e. The van der Waals surface area contributed by atoms with E-state index in [1.807, 2.05) is 55.6 Å². The first kappa shape index (κ1) is 13.3. The molecule has 0 saturated heterocycles. The Balaban J connectivity index is 2.17. The van der Waals surface area contributed by atoms with Crippen LogP contribution in [-0.4, -0.2) is 14.9 Å². The minimum atomic E-state index is -0.873. The number of hydrogen-bond acceptors (Lipinski definition) is 2. The average molecular weight is 254 g/mol. The Morgan fingerprint density at radius 2 is 2.11 bits per heavy atom. The molecule has 0 spiro atoms. The van der Waals surface area contributed by atoms with E-state index >= 15 is 0 Å². The van der Waals surface area contributed by atoms with Crippen molar-refractivity contribution in [2.45, 2.75) is 18.9 Å². The molecular weight excluding hydrogens is 236 g/mol. The normalized spacial score (nSPS) is 14.4. The Labute approximate surface area is 113 Å². The zero-order valence-corrected chi connectivity index (χ0v) is 11.0. The topological polar surface area (TPSA) is 38.0 Å². The van der Waals surface area contributed by atoms with E-state index in [-0.39, 0.29) is 0 Å². The lowest BCUT2D eigenvalue weighted by atomic mass is 9.92. The second kappa shape index (κ2) is 5.67.